The van der Waals surface area contributed by atoms with Gasteiger partial charge in [0, 0.05) is 13.8 Å². The molecule has 0 unspecified atom stereocenters. The minimum Gasteiger partial charge on any atom is -0.444 e. The smallest absolute Gasteiger partial charge is 0.304 e. The number of benzene rings is 1. The number of hydrogen-bond acceptors (Lipinski definition) is 8. The lowest BCUT2D eigenvalue weighted by molar-refractivity contribution is -0.145. The van der Waals surface area contributed by atoms with Gasteiger partial charge in [-0.15, -0.1) is 0 Å². The average Bonchev–Trinajstić information content (AvgIpc) is 2.95. The van der Waals surface area contributed by atoms with Crippen LogP contribution in [0.5, 0.6) is 0 Å². The predicted octanol–water partition coefficient (Wildman–Crippen LogP) is -1.05. The molecule has 0 fully saturated rings. The summed E-state index contributed by atoms with van der Waals surface area (Å²) in [6, 6.07) is 2.29. The maximum Gasteiger partial charge on any atom is 0.304 e. The first-order valence-electron chi connectivity index (χ1n) is 7.39. The molecule has 10 heteroatoms. The molecule has 2 heterocycles. The molecule has 0 saturated carbocycles. The van der Waals surface area contributed by atoms with Gasteiger partial charge < -0.3 is 9.47 Å². The van der Waals surface area contributed by atoms with Crippen molar-refractivity contribution in [3.8, 4) is 0 Å². The average molecular weight is 360 g/mol. The molecule has 0 amide bonds. The number of carbonyl (C=O) groups excluding carboxylic acids is 2. The van der Waals surface area contributed by atoms with Crippen molar-refractivity contribution in [3.63, 3.8) is 0 Å². The fraction of sp³-hybridized carbons (Fsp3) is 0.250. The van der Waals surface area contributed by atoms with E-state index in [0.717, 1.165) is 26.0 Å². The van der Waals surface area contributed by atoms with E-state index < -0.39 is 47.6 Å². The number of esters is 2. The number of hydrogen-bond donors (Lipinski definition) is 0. The molecule has 10 nitrogen and oxygen atoms in total. The SMILES string of the molecule is CC(=O)OCn1c(=O)c2cc3c(=O)n(COC(C)=O)c(=O)c3cc2c1=O. The molecule has 0 aliphatic carbocycles. The van der Waals surface area contributed by atoms with Crippen LogP contribution in [0, 0.1) is 0 Å². The van der Waals surface area contributed by atoms with Gasteiger partial charge in [0.1, 0.15) is 0 Å². The molecule has 26 heavy (non-hydrogen) atoms. The van der Waals surface area contributed by atoms with E-state index in [1.54, 1.807) is 0 Å². The Morgan fingerprint density at radius 1 is 0.692 bits per heavy atom. The molecule has 0 bridgehead atoms. The number of rotatable bonds is 4. The van der Waals surface area contributed by atoms with Crippen molar-refractivity contribution in [1.82, 2.24) is 9.13 Å². The molecule has 0 N–H and O–H groups in total. The molecule has 3 rings (SSSR count). The van der Waals surface area contributed by atoms with E-state index in [-0.39, 0.29) is 21.5 Å². The summed E-state index contributed by atoms with van der Waals surface area (Å²) in [7, 11) is 0. The van der Waals surface area contributed by atoms with Crippen LogP contribution < -0.4 is 22.2 Å². The van der Waals surface area contributed by atoms with Gasteiger partial charge in [-0.25, -0.2) is 9.13 Å². The first kappa shape index (κ1) is 17.3. The maximum atomic E-state index is 12.3. The summed E-state index contributed by atoms with van der Waals surface area (Å²) in [5.41, 5.74) is -2.97. The van der Waals surface area contributed by atoms with Gasteiger partial charge in [0.05, 0.1) is 21.5 Å². The summed E-state index contributed by atoms with van der Waals surface area (Å²) in [6.45, 7) is 1.13. The van der Waals surface area contributed by atoms with Crippen LogP contribution in [0.15, 0.2) is 31.3 Å². The van der Waals surface area contributed by atoms with E-state index in [2.05, 4.69) is 9.47 Å². The lowest BCUT2D eigenvalue weighted by Gasteiger charge is -1.99. The van der Waals surface area contributed by atoms with Crippen molar-refractivity contribution in [1.29, 1.82) is 0 Å². The van der Waals surface area contributed by atoms with Crippen molar-refractivity contribution < 1.29 is 19.1 Å². The van der Waals surface area contributed by atoms with Crippen LogP contribution in [0.1, 0.15) is 13.8 Å². The van der Waals surface area contributed by atoms with Gasteiger partial charge in [-0.1, -0.05) is 0 Å². The first-order chi connectivity index (χ1) is 12.2. The van der Waals surface area contributed by atoms with Crippen molar-refractivity contribution >= 4 is 33.5 Å². The van der Waals surface area contributed by atoms with Crippen LogP contribution in [-0.4, -0.2) is 21.1 Å². The number of aromatic nitrogens is 2. The van der Waals surface area contributed by atoms with E-state index in [1.807, 2.05) is 0 Å². The Balaban J connectivity index is 2.24. The molecule has 0 aliphatic heterocycles. The first-order valence-corrected chi connectivity index (χ1v) is 7.39. The molecule has 0 aliphatic rings. The lowest BCUT2D eigenvalue weighted by atomic mass is 10.1. The van der Waals surface area contributed by atoms with Crippen molar-refractivity contribution in [2.75, 3.05) is 0 Å². The summed E-state index contributed by atoms with van der Waals surface area (Å²) in [4.78, 5) is 71.1. The van der Waals surface area contributed by atoms with Crippen LogP contribution in [0.25, 0.3) is 21.5 Å². The van der Waals surface area contributed by atoms with Gasteiger partial charge >= 0.3 is 11.9 Å². The second-order valence-corrected chi connectivity index (χ2v) is 5.55. The standard InChI is InChI=1S/C16H12N2O8/c1-7(19)25-5-17-13(21)9-3-11-12(4-10(9)14(17)22)16(24)18(15(11)23)6-26-8(2)20/h3-4H,5-6H2,1-2H3. The summed E-state index contributed by atoms with van der Waals surface area (Å²) in [6.07, 6.45) is 0. The third-order valence-corrected chi connectivity index (χ3v) is 3.85. The molecule has 1 aromatic carbocycles. The molecule has 134 valence electrons. The Labute approximate surface area is 143 Å². The van der Waals surface area contributed by atoms with E-state index >= 15 is 0 Å². The van der Waals surface area contributed by atoms with Crippen LogP contribution in [0.4, 0.5) is 0 Å². The summed E-state index contributed by atoms with van der Waals surface area (Å²) in [5.74, 6) is -1.34. The van der Waals surface area contributed by atoms with Crippen LogP contribution in [0.2, 0.25) is 0 Å². The van der Waals surface area contributed by atoms with Crippen molar-refractivity contribution in [2.24, 2.45) is 0 Å². The highest BCUT2D eigenvalue weighted by Gasteiger charge is 2.20. The van der Waals surface area contributed by atoms with Gasteiger partial charge in [-0.3, -0.25) is 28.8 Å². The third kappa shape index (κ3) is 2.61. The zero-order chi connectivity index (χ0) is 19.2. The Hall–Kier alpha value is -3.56. The molecular formula is C16H12N2O8. The van der Waals surface area contributed by atoms with Gasteiger partial charge in [0.2, 0.25) is 0 Å². The summed E-state index contributed by atoms with van der Waals surface area (Å²) < 4.78 is 10.7. The predicted molar refractivity (Wildman–Crippen MR) is 88.4 cm³/mol. The molecule has 3 aromatic rings. The lowest BCUT2D eigenvalue weighted by Crippen LogP contribution is -2.28. The summed E-state index contributed by atoms with van der Waals surface area (Å²) >= 11 is 0. The zero-order valence-corrected chi connectivity index (χ0v) is 13.7. The van der Waals surface area contributed by atoms with Gasteiger partial charge in [-0.2, -0.15) is 0 Å². The summed E-state index contributed by atoms with van der Waals surface area (Å²) in [5, 5.41) is -0.291. The van der Waals surface area contributed by atoms with Gasteiger partial charge in [0.15, 0.2) is 13.5 Å². The van der Waals surface area contributed by atoms with Crippen LogP contribution >= 0.6 is 0 Å². The Morgan fingerprint density at radius 2 is 0.962 bits per heavy atom. The quantitative estimate of drug-likeness (QED) is 0.539. The molecule has 0 saturated heterocycles. The fourth-order valence-electron chi connectivity index (χ4n) is 2.62. The van der Waals surface area contributed by atoms with Crippen LogP contribution in [0.3, 0.4) is 0 Å². The minimum absolute atomic E-state index is 0.0728. The van der Waals surface area contributed by atoms with Crippen molar-refractivity contribution in [3.05, 3.63) is 53.5 Å². The number of ether oxygens (including phenoxy) is 2. The highest BCUT2D eigenvalue weighted by molar-refractivity contribution is 5.97. The zero-order valence-electron chi connectivity index (χ0n) is 13.7. The number of nitrogens with zero attached hydrogens (tertiary/aromatic N) is 2. The largest absolute Gasteiger partial charge is 0.444 e. The second kappa shape index (κ2) is 6.06. The molecule has 0 atom stereocenters. The Kier molecular flexibility index (Phi) is 4.03. The topological polar surface area (TPSA) is 131 Å². The molecular weight excluding hydrogens is 348 g/mol. The fourth-order valence-corrected chi connectivity index (χ4v) is 2.62. The third-order valence-electron chi connectivity index (χ3n) is 3.85. The van der Waals surface area contributed by atoms with E-state index in [0.29, 0.717) is 9.13 Å². The monoisotopic (exact) mass is 360 g/mol. The number of carbonyl (C=O) groups is 2. The maximum absolute atomic E-state index is 12.3. The van der Waals surface area contributed by atoms with E-state index in [1.165, 1.54) is 0 Å². The van der Waals surface area contributed by atoms with E-state index in [4.69, 9.17) is 0 Å². The normalized spacial score (nSPS) is 11.2. The Bertz CT molecular complexity index is 1100. The van der Waals surface area contributed by atoms with Gasteiger partial charge in [0.25, 0.3) is 22.2 Å². The minimum atomic E-state index is -0.743. The molecule has 0 radical (unpaired) electrons. The van der Waals surface area contributed by atoms with Crippen molar-refractivity contribution in [2.45, 2.75) is 27.3 Å². The van der Waals surface area contributed by atoms with E-state index in [9.17, 15) is 28.8 Å². The second-order valence-electron chi connectivity index (χ2n) is 5.55. The Morgan fingerprint density at radius 3 is 1.19 bits per heavy atom. The molecule has 0 spiro atoms. The molecule has 2 aromatic heterocycles. The highest BCUT2D eigenvalue weighted by atomic mass is 16.5. The number of fused-ring (bicyclic) bond motifs is 2. The van der Waals surface area contributed by atoms with Crippen LogP contribution in [-0.2, 0) is 32.5 Å². The highest BCUT2D eigenvalue weighted by Crippen LogP contribution is 2.14. The van der Waals surface area contributed by atoms with Gasteiger partial charge in [-0.05, 0) is 12.1 Å².